The van der Waals surface area contributed by atoms with E-state index in [0.29, 0.717) is 13.2 Å². The van der Waals surface area contributed by atoms with Gasteiger partial charge in [0.25, 0.3) is 0 Å². The third kappa shape index (κ3) is 6.06. The minimum absolute atomic E-state index is 0.214. The van der Waals surface area contributed by atoms with E-state index in [1.54, 1.807) is 13.8 Å². The molecule has 0 atom stereocenters. The Kier molecular flexibility index (Phi) is 6.24. The van der Waals surface area contributed by atoms with Crippen molar-refractivity contribution in [1.82, 2.24) is 4.90 Å². The van der Waals surface area contributed by atoms with Gasteiger partial charge in [0.1, 0.15) is 0 Å². The van der Waals surface area contributed by atoms with Crippen LogP contribution in [-0.4, -0.2) is 51.0 Å². The summed E-state index contributed by atoms with van der Waals surface area (Å²) in [5.41, 5.74) is -0.717. The van der Waals surface area contributed by atoms with Crippen molar-refractivity contribution in [1.29, 1.82) is 0 Å². The van der Waals surface area contributed by atoms with E-state index in [-0.39, 0.29) is 5.04 Å². The number of nitrogens with zero attached hydrogens (tertiary/aromatic N) is 1. The first kappa shape index (κ1) is 18.6. The number of likely N-dealkylation sites (N-methyl/N-ethyl adjacent to an activating group) is 1. The summed E-state index contributed by atoms with van der Waals surface area (Å²) in [6, 6.07) is 0. The predicted octanol–water partition coefficient (Wildman–Crippen LogP) is 3.05. The molecule has 0 aromatic heterocycles. The molecular weight excluding hydrogens is 258 g/mol. The summed E-state index contributed by atoms with van der Waals surface area (Å²) in [6.45, 7) is 16.6. The zero-order chi connectivity index (χ0) is 15.5. The maximum Gasteiger partial charge on any atom is 0.310 e. The molecule has 0 amide bonds. The molecule has 0 bridgehead atoms. The summed E-state index contributed by atoms with van der Waals surface area (Å²) in [5.74, 6) is -0.760. The van der Waals surface area contributed by atoms with Crippen molar-refractivity contribution < 1.29 is 14.3 Å². The average Bonchev–Trinajstić information content (AvgIpc) is 2.13. The van der Waals surface area contributed by atoms with E-state index in [2.05, 4.69) is 33.9 Å². The van der Waals surface area contributed by atoms with E-state index < -0.39 is 19.7 Å². The molecule has 0 aromatic carbocycles. The van der Waals surface area contributed by atoms with Crippen LogP contribution in [0.4, 0.5) is 0 Å². The van der Waals surface area contributed by atoms with Crippen LogP contribution >= 0.6 is 0 Å². The minimum atomic E-state index is -1.70. The highest BCUT2D eigenvalue weighted by Gasteiger charge is 2.37. The van der Waals surface area contributed by atoms with Crippen molar-refractivity contribution in [2.24, 2.45) is 5.41 Å². The Morgan fingerprint density at radius 2 is 1.68 bits per heavy atom. The first-order chi connectivity index (χ1) is 8.29. The lowest BCUT2D eigenvalue weighted by atomic mass is 9.93. The van der Waals surface area contributed by atoms with Gasteiger partial charge in [0, 0.05) is 19.7 Å². The molecule has 0 aliphatic heterocycles. The van der Waals surface area contributed by atoms with E-state index in [4.69, 9.17) is 9.53 Å². The van der Waals surface area contributed by atoms with Crippen molar-refractivity contribution in [3.05, 3.63) is 0 Å². The van der Waals surface area contributed by atoms with Crippen molar-refractivity contribution in [2.45, 2.75) is 52.8 Å². The summed E-state index contributed by atoms with van der Waals surface area (Å²) < 4.78 is 6.09. The molecule has 0 saturated heterocycles. The minimum Gasteiger partial charge on any atom is -0.481 e. The maximum atomic E-state index is 11.1. The number of aliphatic carboxylic acids is 1. The van der Waals surface area contributed by atoms with Gasteiger partial charge in [0.05, 0.1) is 5.41 Å². The van der Waals surface area contributed by atoms with Gasteiger partial charge in [-0.05, 0) is 39.0 Å². The predicted molar refractivity (Wildman–Crippen MR) is 82.1 cm³/mol. The Balaban J connectivity index is 4.20. The van der Waals surface area contributed by atoms with E-state index in [0.717, 1.165) is 6.54 Å². The number of carboxylic acid groups (broad SMARTS) is 1. The summed E-state index contributed by atoms with van der Waals surface area (Å²) >= 11 is 0. The zero-order valence-electron chi connectivity index (χ0n) is 13.8. The second kappa shape index (κ2) is 6.37. The van der Waals surface area contributed by atoms with E-state index in [9.17, 15) is 4.79 Å². The highest BCUT2D eigenvalue weighted by molar-refractivity contribution is 6.74. The second-order valence-corrected chi connectivity index (χ2v) is 12.3. The van der Waals surface area contributed by atoms with E-state index in [1.165, 1.54) is 0 Å². The van der Waals surface area contributed by atoms with Crippen LogP contribution in [0.2, 0.25) is 18.1 Å². The van der Waals surface area contributed by atoms with Crippen molar-refractivity contribution in [3.63, 3.8) is 0 Å². The van der Waals surface area contributed by atoms with Crippen molar-refractivity contribution >= 4 is 14.3 Å². The molecule has 0 aliphatic carbocycles. The van der Waals surface area contributed by atoms with Crippen LogP contribution < -0.4 is 0 Å². The lowest BCUT2D eigenvalue weighted by Crippen LogP contribution is -2.44. The lowest BCUT2D eigenvalue weighted by molar-refractivity contribution is -0.147. The summed E-state index contributed by atoms with van der Waals surface area (Å²) in [7, 11) is 0.249. The number of hydrogen-bond acceptors (Lipinski definition) is 3. The molecule has 114 valence electrons. The molecule has 5 heteroatoms. The second-order valence-electron chi connectivity index (χ2n) is 7.54. The lowest BCUT2D eigenvalue weighted by Gasteiger charge is -2.37. The van der Waals surface area contributed by atoms with Crippen LogP contribution in [0.1, 0.15) is 34.6 Å². The zero-order valence-corrected chi connectivity index (χ0v) is 14.8. The molecule has 4 nitrogen and oxygen atoms in total. The Bertz CT molecular complexity index is 308. The number of carboxylic acids is 1. The van der Waals surface area contributed by atoms with Gasteiger partial charge in [0.15, 0.2) is 8.32 Å². The molecule has 0 aromatic rings. The first-order valence-electron chi connectivity index (χ1n) is 6.85. The quantitative estimate of drug-likeness (QED) is 0.732. The van der Waals surface area contributed by atoms with E-state index >= 15 is 0 Å². The van der Waals surface area contributed by atoms with Crippen molar-refractivity contribution in [2.75, 3.05) is 26.7 Å². The highest BCUT2D eigenvalue weighted by atomic mass is 28.4. The average molecular weight is 289 g/mol. The van der Waals surface area contributed by atoms with Gasteiger partial charge in [-0.2, -0.15) is 0 Å². The molecule has 0 unspecified atom stereocenters. The fourth-order valence-corrected chi connectivity index (χ4v) is 2.53. The Morgan fingerprint density at radius 3 is 2.05 bits per heavy atom. The molecule has 1 N–H and O–H groups in total. The monoisotopic (exact) mass is 289 g/mol. The van der Waals surface area contributed by atoms with Crippen LogP contribution in [0.5, 0.6) is 0 Å². The highest BCUT2D eigenvalue weighted by Crippen LogP contribution is 2.36. The molecule has 0 saturated carbocycles. The van der Waals surface area contributed by atoms with Crippen LogP contribution in [0.15, 0.2) is 0 Å². The number of carbonyl (C=O) groups is 1. The number of rotatable bonds is 7. The molecule has 0 aliphatic rings. The van der Waals surface area contributed by atoms with Crippen LogP contribution in [-0.2, 0) is 9.22 Å². The maximum absolute atomic E-state index is 11.1. The normalized spacial score (nSPS) is 13.9. The largest absolute Gasteiger partial charge is 0.481 e. The molecule has 0 fully saturated rings. The SMILES string of the molecule is CN(CCO[Si](C)(C)C(C)(C)C)CC(C)(C)C(=O)O. The standard InChI is InChI=1S/C14H31NO3Si/c1-13(2,3)19(7,8)18-10-9-15(6)11-14(4,5)12(16)17/h9-11H2,1-8H3,(H,16,17). The van der Waals surface area contributed by atoms with Gasteiger partial charge in [-0.25, -0.2) is 0 Å². The van der Waals surface area contributed by atoms with Gasteiger partial charge in [0.2, 0.25) is 0 Å². The molecule has 0 spiro atoms. The van der Waals surface area contributed by atoms with Crippen LogP contribution in [0, 0.1) is 5.41 Å². The number of hydrogen-bond donors (Lipinski definition) is 1. The van der Waals surface area contributed by atoms with Crippen LogP contribution in [0.25, 0.3) is 0 Å². The van der Waals surface area contributed by atoms with Crippen LogP contribution in [0.3, 0.4) is 0 Å². The molecular formula is C14H31NO3Si. The third-order valence-corrected chi connectivity index (χ3v) is 8.52. The Hall–Kier alpha value is -0.393. The summed E-state index contributed by atoms with van der Waals surface area (Å²) in [5, 5.41) is 9.31. The summed E-state index contributed by atoms with van der Waals surface area (Å²) in [6.07, 6.45) is 0. The smallest absolute Gasteiger partial charge is 0.310 e. The molecule has 0 heterocycles. The Labute approximate surface area is 119 Å². The Morgan fingerprint density at radius 1 is 1.21 bits per heavy atom. The van der Waals surface area contributed by atoms with Gasteiger partial charge >= 0.3 is 5.97 Å². The van der Waals surface area contributed by atoms with E-state index in [1.807, 2.05) is 11.9 Å². The third-order valence-electron chi connectivity index (χ3n) is 3.99. The fraction of sp³-hybridized carbons (Fsp3) is 0.929. The van der Waals surface area contributed by atoms with Gasteiger partial charge in [-0.15, -0.1) is 0 Å². The molecule has 19 heavy (non-hydrogen) atoms. The molecule has 0 rings (SSSR count). The molecule has 0 radical (unpaired) electrons. The van der Waals surface area contributed by atoms with Gasteiger partial charge in [-0.1, -0.05) is 20.8 Å². The van der Waals surface area contributed by atoms with Gasteiger partial charge in [-0.3, -0.25) is 4.79 Å². The fourth-order valence-electron chi connectivity index (χ4n) is 1.49. The topological polar surface area (TPSA) is 49.8 Å². The summed E-state index contributed by atoms with van der Waals surface area (Å²) in [4.78, 5) is 13.1. The van der Waals surface area contributed by atoms with Crippen molar-refractivity contribution in [3.8, 4) is 0 Å². The first-order valence-corrected chi connectivity index (χ1v) is 9.76. The van der Waals surface area contributed by atoms with Gasteiger partial charge < -0.3 is 14.4 Å².